The lowest BCUT2D eigenvalue weighted by atomic mass is 10.2. The molecule has 1 unspecified atom stereocenters. The lowest BCUT2D eigenvalue weighted by Crippen LogP contribution is -2.44. The standard InChI is InChI=1S/C14H21FN2O/c1-2-17(14-5-3-4-11(15)8-14)9-13(10-18)16-12-6-7-12/h3-5,8,12-13,16,18H,2,6-7,9-10H2,1H3. The number of nitrogens with one attached hydrogen (secondary N) is 1. The number of hydrogen-bond donors (Lipinski definition) is 2. The molecule has 1 fully saturated rings. The second-order valence-electron chi connectivity index (χ2n) is 4.84. The van der Waals surface area contributed by atoms with Crippen LogP contribution >= 0.6 is 0 Å². The topological polar surface area (TPSA) is 35.5 Å². The molecule has 0 aromatic heterocycles. The Kier molecular flexibility index (Phi) is 4.55. The molecule has 1 aliphatic rings. The Morgan fingerprint density at radius 1 is 1.50 bits per heavy atom. The van der Waals surface area contributed by atoms with Crippen molar-refractivity contribution in [2.45, 2.75) is 31.8 Å². The van der Waals surface area contributed by atoms with Crippen LogP contribution < -0.4 is 10.2 Å². The lowest BCUT2D eigenvalue weighted by molar-refractivity contribution is 0.242. The predicted molar refractivity (Wildman–Crippen MR) is 71.3 cm³/mol. The largest absolute Gasteiger partial charge is 0.395 e. The van der Waals surface area contributed by atoms with Crippen LogP contribution in [0.1, 0.15) is 19.8 Å². The van der Waals surface area contributed by atoms with Gasteiger partial charge in [0.1, 0.15) is 5.82 Å². The number of aliphatic hydroxyl groups excluding tert-OH is 1. The summed E-state index contributed by atoms with van der Waals surface area (Å²) in [4.78, 5) is 2.08. The Bertz CT molecular complexity index is 382. The van der Waals surface area contributed by atoms with Crippen molar-refractivity contribution in [3.05, 3.63) is 30.1 Å². The highest BCUT2D eigenvalue weighted by Crippen LogP contribution is 2.20. The van der Waals surface area contributed by atoms with Crippen LogP contribution in [0.2, 0.25) is 0 Å². The van der Waals surface area contributed by atoms with Crippen LogP contribution in [0.15, 0.2) is 24.3 Å². The fourth-order valence-electron chi connectivity index (χ4n) is 2.10. The van der Waals surface area contributed by atoms with Crippen molar-refractivity contribution in [3.8, 4) is 0 Å². The minimum Gasteiger partial charge on any atom is -0.395 e. The molecule has 0 bridgehead atoms. The molecule has 0 saturated heterocycles. The van der Waals surface area contributed by atoms with E-state index in [2.05, 4.69) is 10.2 Å². The van der Waals surface area contributed by atoms with E-state index in [0.29, 0.717) is 12.6 Å². The second-order valence-corrected chi connectivity index (χ2v) is 4.84. The van der Waals surface area contributed by atoms with Crippen molar-refractivity contribution < 1.29 is 9.50 Å². The van der Waals surface area contributed by atoms with Crippen molar-refractivity contribution in [3.63, 3.8) is 0 Å². The van der Waals surface area contributed by atoms with E-state index in [1.54, 1.807) is 6.07 Å². The lowest BCUT2D eigenvalue weighted by Gasteiger charge is -2.28. The summed E-state index contributed by atoms with van der Waals surface area (Å²) in [7, 11) is 0. The Hall–Kier alpha value is -1.13. The smallest absolute Gasteiger partial charge is 0.125 e. The SMILES string of the molecule is CCN(CC(CO)NC1CC1)c1cccc(F)c1. The molecule has 1 aromatic carbocycles. The monoisotopic (exact) mass is 252 g/mol. The van der Waals surface area contributed by atoms with E-state index in [9.17, 15) is 9.50 Å². The molecule has 1 aliphatic carbocycles. The van der Waals surface area contributed by atoms with Gasteiger partial charge in [0, 0.05) is 30.9 Å². The molecule has 2 N–H and O–H groups in total. The zero-order chi connectivity index (χ0) is 13.0. The van der Waals surface area contributed by atoms with Crippen LogP contribution in [0, 0.1) is 5.82 Å². The highest BCUT2D eigenvalue weighted by Gasteiger charge is 2.25. The maximum Gasteiger partial charge on any atom is 0.125 e. The van der Waals surface area contributed by atoms with Gasteiger partial charge < -0.3 is 15.3 Å². The highest BCUT2D eigenvalue weighted by atomic mass is 19.1. The van der Waals surface area contributed by atoms with E-state index in [1.807, 2.05) is 13.0 Å². The van der Waals surface area contributed by atoms with Crippen molar-refractivity contribution >= 4 is 5.69 Å². The van der Waals surface area contributed by atoms with Crippen LogP contribution in [0.3, 0.4) is 0 Å². The van der Waals surface area contributed by atoms with Gasteiger partial charge in [-0.15, -0.1) is 0 Å². The fraction of sp³-hybridized carbons (Fsp3) is 0.571. The van der Waals surface area contributed by atoms with E-state index >= 15 is 0 Å². The predicted octanol–water partition coefficient (Wildman–Crippen LogP) is 1.76. The van der Waals surface area contributed by atoms with Crippen molar-refractivity contribution in [1.82, 2.24) is 5.32 Å². The Morgan fingerprint density at radius 2 is 2.28 bits per heavy atom. The maximum atomic E-state index is 13.2. The van der Waals surface area contributed by atoms with Crippen LogP contribution in [0.5, 0.6) is 0 Å². The van der Waals surface area contributed by atoms with E-state index < -0.39 is 0 Å². The van der Waals surface area contributed by atoms with Crippen LogP contribution in [0.4, 0.5) is 10.1 Å². The van der Waals surface area contributed by atoms with Gasteiger partial charge in [-0.3, -0.25) is 0 Å². The molecule has 1 atom stereocenters. The zero-order valence-electron chi connectivity index (χ0n) is 10.8. The third-order valence-corrected chi connectivity index (χ3v) is 3.26. The van der Waals surface area contributed by atoms with E-state index in [4.69, 9.17) is 0 Å². The Balaban J connectivity index is 1.98. The number of aliphatic hydroxyl groups is 1. The summed E-state index contributed by atoms with van der Waals surface area (Å²) in [5.74, 6) is -0.221. The number of nitrogens with zero attached hydrogens (tertiary/aromatic N) is 1. The molecule has 3 nitrogen and oxygen atoms in total. The van der Waals surface area contributed by atoms with Crippen molar-refractivity contribution in [2.24, 2.45) is 0 Å². The minimum absolute atomic E-state index is 0.0562. The molecule has 2 rings (SSSR count). The molecule has 0 heterocycles. The molecule has 1 aromatic rings. The Labute approximate surface area is 108 Å². The van der Waals surface area contributed by atoms with Gasteiger partial charge in [-0.05, 0) is 38.0 Å². The quantitative estimate of drug-likeness (QED) is 0.776. The second kappa shape index (κ2) is 6.16. The molecule has 0 spiro atoms. The van der Waals surface area contributed by atoms with Crippen molar-refractivity contribution in [1.29, 1.82) is 0 Å². The summed E-state index contributed by atoms with van der Waals surface area (Å²) in [6.07, 6.45) is 2.39. The molecule has 100 valence electrons. The van der Waals surface area contributed by atoms with Crippen LogP contribution in [0.25, 0.3) is 0 Å². The number of rotatable bonds is 7. The van der Waals surface area contributed by atoms with Gasteiger partial charge in [0.05, 0.1) is 6.61 Å². The highest BCUT2D eigenvalue weighted by molar-refractivity contribution is 5.46. The first kappa shape index (κ1) is 13.3. The van der Waals surface area contributed by atoms with Crippen LogP contribution in [-0.4, -0.2) is 36.9 Å². The average Bonchev–Trinajstić information content (AvgIpc) is 3.18. The molecular weight excluding hydrogens is 231 g/mol. The summed E-state index contributed by atoms with van der Waals surface area (Å²) in [5, 5.41) is 12.8. The maximum absolute atomic E-state index is 13.2. The number of halogens is 1. The third kappa shape index (κ3) is 3.68. The molecule has 1 saturated carbocycles. The first-order valence-electron chi connectivity index (χ1n) is 6.60. The minimum atomic E-state index is -0.221. The van der Waals surface area contributed by atoms with Crippen molar-refractivity contribution in [2.75, 3.05) is 24.6 Å². The summed E-state index contributed by atoms with van der Waals surface area (Å²) in [6, 6.07) is 7.22. The van der Waals surface area contributed by atoms with E-state index in [-0.39, 0.29) is 18.5 Å². The molecule has 0 aliphatic heterocycles. The summed E-state index contributed by atoms with van der Waals surface area (Å²) in [6.45, 7) is 3.65. The molecule has 0 amide bonds. The van der Waals surface area contributed by atoms with Gasteiger partial charge in [-0.1, -0.05) is 6.07 Å². The van der Waals surface area contributed by atoms with E-state index in [0.717, 1.165) is 12.2 Å². The fourth-order valence-corrected chi connectivity index (χ4v) is 2.10. The molecule has 0 radical (unpaired) electrons. The number of anilines is 1. The average molecular weight is 252 g/mol. The van der Waals surface area contributed by atoms with Gasteiger partial charge in [0.15, 0.2) is 0 Å². The first-order valence-corrected chi connectivity index (χ1v) is 6.60. The molecule has 4 heteroatoms. The van der Waals surface area contributed by atoms with Gasteiger partial charge >= 0.3 is 0 Å². The Morgan fingerprint density at radius 3 is 2.83 bits per heavy atom. The van der Waals surface area contributed by atoms with Gasteiger partial charge in [-0.2, -0.15) is 0 Å². The van der Waals surface area contributed by atoms with Gasteiger partial charge in [-0.25, -0.2) is 4.39 Å². The van der Waals surface area contributed by atoms with Gasteiger partial charge in [0.2, 0.25) is 0 Å². The first-order chi connectivity index (χ1) is 8.72. The number of benzene rings is 1. The summed E-state index contributed by atoms with van der Waals surface area (Å²) >= 11 is 0. The zero-order valence-corrected chi connectivity index (χ0v) is 10.8. The van der Waals surface area contributed by atoms with Crippen LogP contribution in [-0.2, 0) is 0 Å². The third-order valence-electron chi connectivity index (χ3n) is 3.26. The molecule has 18 heavy (non-hydrogen) atoms. The number of likely N-dealkylation sites (N-methyl/N-ethyl adjacent to an activating group) is 1. The summed E-state index contributed by atoms with van der Waals surface area (Å²) < 4.78 is 13.2. The summed E-state index contributed by atoms with van der Waals surface area (Å²) in [5.41, 5.74) is 0.869. The molecular formula is C14H21FN2O. The van der Waals surface area contributed by atoms with E-state index in [1.165, 1.54) is 25.0 Å². The normalized spacial score (nSPS) is 16.6. The number of hydrogen-bond acceptors (Lipinski definition) is 3. The van der Waals surface area contributed by atoms with Gasteiger partial charge in [0.25, 0.3) is 0 Å².